The van der Waals surface area contributed by atoms with Crippen LogP contribution in [0.2, 0.25) is 0 Å². The summed E-state index contributed by atoms with van der Waals surface area (Å²) < 4.78 is 0. The lowest BCUT2D eigenvalue weighted by molar-refractivity contribution is -0.133. The van der Waals surface area contributed by atoms with Gasteiger partial charge >= 0.3 is 0 Å². The number of amides is 1. The van der Waals surface area contributed by atoms with Gasteiger partial charge in [0, 0.05) is 32.7 Å². The van der Waals surface area contributed by atoms with E-state index in [1.165, 1.54) is 0 Å². The SMILES string of the molecule is CC(C)CN1CCN(C(=O)C(S)C(C)C)CC1. The lowest BCUT2D eigenvalue weighted by atomic mass is 10.1. The van der Waals surface area contributed by atoms with Crippen LogP contribution in [0.4, 0.5) is 0 Å². The number of nitrogens with zero attached hydrogens (tertiary/aromatic N) is 2. The van der Waals surface area contributed by atoms with E-state index in [1.807, 2.05) is 18.7 Å². The molecule has 0 radical (unpaired) electrons. The topological polar surface area (TPSA) is 23.6 Å². The first-order valence-corrected chi connectivity index (χ1v) is 7.12. The van der Waals surface area contributed by atoms with E-state index in [1.54, 1.807) is 0 Å². The maximum Gasteiger partial charge on any atom is 0.235 e. The summed E-state index contributed by atoms with van der Waals surface area (Å²) in [5, 5.41) is -0.147. The summed E-state index contributed by atoms with van der Waals surface area (Å²) in [6.07, 6.45) is 0. The van der Waals surface area contributed by atoms with Crippen LogP contribution in [0.5, 0.6) is 0 Å². The number of thiol groups is 1. The molecule has 1 atom stereocenters. The van der Waals surface area contributed by atoms with Crippen LogP contribution in [0, 0.1) is 11.8 Å². The normalized spacial score (nSPS) is 20.1. The zero-order valence-electron chi connectivity index (χ0n) is 11.5. The van der Waals surface area contributed by atoms with Gasteiger partial charge in [-0.2, -0.15) is 12.6 Å². The third-order valence-corrected chi connectivity index (χ3v) is 4.01. The van der Waals surface area contributed by atoms with Crippen LogP contribution in [0.15, 0.2) is 0 Å². The molecule has 100 valence electrons. The first-order chi connectivity index (χ1) is 7.91. The minimum absolute atomic E-state index is 0.147. The minimum Gasteiger partial charge on any atom is -0.339 e. The van der Waals surface area contributed by atoms with Crippen molar-refractivity contribution in [1.29, 1.82) is 0 Å². The van der Waals surface area contributed by atoms with Crippen molar-refractivity contribution in [2.24, 2.45) is 11.8 Å². The predicted molar refractivity (Wildman–Crippen MR) is 75.5 cm³/mol. The van der Waals surface area contributed by atoms with E-state index in [-0.39, 0.29) is 11.2 Å². The minimum atomic E-state index is -0.147. The molecule has 1 unspecified atom stereocenters. The Morgan fingerprint density at radius 1 is 1.12 bits per heavy atom. The maximum atomic E-state index is 12.1. The molecule has 0 aromatic carbocycles. The summed E-state index contributed by atoms with van der Waals surface area (Å²) in [5.74, 6) is 1.21. The molecule has 1 aliphatic rings. The van der Waals surface area contributed by atoms with E-state index in [0.717, 1.165) is 32.7 Å². The molecule has 0 aliphatic carbocycles. The number of piperazine rings is 1. The first kappa shape index (κ1) is 14.8. The van der Waals surface area contributed by atoms with Crippen LogP contribution in [0.25, 0.3) is 0 Å². The van der Waals surface area contributed by atoms with Gasteiger partial charge < -0.3 is 4.90 Å². The zero-order valence-corrected chi connectivity index (χ0v) is 12.4. The van der Waals surface area contributed by atoms with Gasteiger partial charge in [-0.25, -0.2) is 0 Å². The fraction of sp³-hybridized carbons (Fsp3) is 0.923. The summed E-state index contributed by atoms with van der Waals surface area (Å²) in [6, 6.07) is 0. The molecule has 0 spiro atoms. The second-order valence-electron chi connectivity index (χ2n) is 5.71. The van der Waals surface area contributed by atoms with Crippen molar-refractivity contribution in [3.05, 3.63) is 0 Å². The average Bonchev–Trinajstić information content (AvgIpc) is 2.27. The molecule has 1 saturated heterocycles. The fourth-order valence-electron chi connectivity index (χ4n) is 2.14. The molecule has 1 fully saturated rings. The van der Waals surface area contributed by atoms with Crippen molar-refractivity contribution < 1.29 is 4.79 Å². The highest BCUT2D eigenvalue weighted by molar-refractivity contribution is 7.81. The van der Waals surface area contributed by atoms with Gasteiger partial charge in [0.1, 0.15) is 0 Å². The Hall–Kier alpha value is -0.220. The second-order valence-corrected chi connectivity index (χ2v) is 6.26. The quantitative estimate of drug-likeness (QED) is 0.777. The molecule has 17 heavy (non-hydrogen) atoms. The Labute approximate surface area is 111 Å². The highest BCUT2D eigenvalue weighted by Crippen LogP contribution is 2.14. The third-order valence-electron chi connectivity index (χ3n) is 3.19. The summed E-state index contributed by atoms with van der Waals surface area (Å²) in [5.41, 5.74) is 0. The average molecular weight is 258 g/mol. The van der Waals surface area contributed by atoms with E-state index in [2.05, 4.69) is 31.4 Å². The molecule has 0 N–H and O–H groups in total. The number of hydrogen-bond acceptors (Lipinski definition) is 3. The van der Waals surface area contributed by atoms with E-state index in [9.17, 15) is 4.79 Å². The Balaban J connectivity index is 2.39. The molecule has 1 amide bonds. The number of rotatable bonds is 4. The van der Waals surface area contributed by atoms with Crippen LogP contribution in [-0.4, -0.2) is 53.7 Å². The molecule has 0 aromatic heterocycles. The van der Waals surface area contributed by atoms with Gasteiger partial charge in [0.2, 0.25) is 5.91 Å². The fourth-order valence-corrected chi connectivity index (χ4v) is 2.30. The Morgan fingerprint density at radius 2 is 1.65 bits per heavy atom. The molecule has 0 bridgehead atoms. The van der Waals surface area contributed by atoms with Gasteiger partial charge in [-0.1, -0.05) is 27.7 Å². The monoisotopic (exact) mass is 258 g/mol. The number of hydrogen-bond donors (Lipinski definition) is 1. The van der Waals surface area contributed by atoms with Crippen LogP contribution in [-0.2, 0) is 4.79 Å². The maximum absolute atomic E-state index is 12.1. The smallest absolute Gasteiger partial charge is 0.235 e. The zero-order chi connectivity index (χ0) is 13.0. The van der Waals surface area contributed by atoms with Crippen LogP contribution >= 0.6 is 12.6 Å². The molecule has 0 saturated carbocycles. The Bertz CT molecular complexity index is 248. The van der Waals surface area contributed by atoms with Gasteiger partial charge in [0.05, 0.1) is 5.25 Å². The van der Waals surface area contributed by atoms with Crippen molar-refractivity contribution in [3.8, 4) is 0 Å². The van der Waals surface area contributed by atoms with E-state index in [0.29, 0.717) is 11.8 Å². The van der Waals surface area contributed by atoms with Crippen molar-refractivity contribution in [2.75, 3.05) is 32.7 Å². The molecule has 1 aliphatic heterocycles. The van der Waals surface area contributed by atoms with Crippen LogP contribution in [0.1, 0.15) is 27.7 Å². The summed E-state index contributed by atoms with van der Waals surface area (Å²) in [4.78, 5) is 16.5. The molecule has 3 nitrogen and oxygen atoms in total. The van der Waals surface area contributed by atoms with Crippen molar-refractivity contribution in [3.63, 3.8) is 0 Å². The standard InChI is InChI=1S/C13H26N2OS/c1-10(2)9-14-5-7-15(8-6-14)13(16)12(17)11(3)4/h10-12,17H,5-9H2,1-4H3. The Morgan fingerprint density at radius 3 is 2.06 bits per heavy atom. The van der Waals surface area contributed by atoms with Crippen LogP contribution < -0.4 is 0 Å². The lowest BCUT2D eigenvalue weighted by Gasteiger charge is -2.37. The molecule has 0 aromatic rings. The number of carbonyl (C=O) groups excluding carboxylic acids is 1. The molecule has 1 rings (SSSR count). The lowest BCUT2D eigenvalue weighted by Crippen LogP contribution is -2.51. The van der Waals surface area contributed by atoms with Crippen molar-refractivity contribution in [2.45, 2.75) is 32.9 Å². The van der Waals surface area contributed by atoms with Gasteiger partial charge in [-0.15, -0.1) is 0 Å². The van der Waals surface area contributed by atoms with Crippen LogP contribution in [0.3, 0.4) is 0 Å². The molecular formula is C13H26N2OS. The first-order valence-electron chi connectivity index (χ1n) is 6.61. The molecule has 1 heterocycles. The summed E-state index contributed by atoms with van der Waals surface area (Å²) in [7, 11) is 0. The van der Waals surface area contributed by atoms with Gasteiger partial charge in [-0.05, 0) is 11.8 Å². The second kappa shape index (κ2) is 6.64. The summed E-state index contributed by atoms with van der Waals surface area (Å²) >= 11 is 4.40. The highest BCUT2D eigenvalue weighted by Gasteiger charge is 2.26. The van der Waals surface area contributed by atoms with Gasteiger partial charge in [-0.3, -0.25) is 9.69 Å². The third kappa shape index (κ3) is 4.51. The van der Waals surface area contributed by atoms with Gasteiger partial charge in [0.25, 0.3) is 0 Å². The molecular weight excluding hydrogens is 232 g/mol. The van der Waals surface area contributed by atoms with Crippen molar-refractivity contribution >= 4 is 18.5 Å². The Kier molecular flexibility index (Phi) is 5.80. The largest absolute Gasteiger partial charge is 0.339 e. The molecule has 4 heteroatoms. The highest BCUT2D eigenvalue weighted by atomic mass is 32.1. The van der Waals surface area contributed by atoms with E-state index in [4.69, 9.17) is 0 Å². The number of carbonyl (C=O) groups is 1. The van der Waals surface area contributed by atoms with E-state index >= 15 is 0 Å². The van der Waals surface area contributed by atoms with E-state index < -0.39 is 0 Å². The predicted octanol–water partition coefficient (Wildman–Crippen LogP) is 1.74. The summed E-state index contributed by atoms with van der Waals surface area (Å²) in [6.45, 7) is 13.4. The van der Waals surface area contributed by atoms with Gasteiger partial charge in [0.15, 0.2) is 0 Å². The van der Waals surface area contributed by atoms with Crippen molar-refractivity contribution in [1.82, 2.24) is 9.80 Å².